The van der Waals surface area contributed by atoms with Crippen LogP contribution in [-0.4, -0.2) is 25.5 Å². The predicted octanol–water partition coefficient (Wildman–Crippen LogP) is 4.50. The van der Waals surface area contributed by atoms with E-state index in [1.807, 2.05) is 56.3 Å². The maximum absolute atomic E-state index is 12.5. The standard InChI is InChI=1S/C22H20O4/c1-14-8-9-15(2)18(10-14)20(23)13-26-22(24)19-11-16-6-4-5-7-17(16)12-21(19)25-3/h4-12H,13H2,1-3H3. The first-order chi connectivity index (χ1) is 12.5. The van der Waals surface area contributed by atoms with E-state index in [2.05, 4.69) is 0 Å². The van der Waals surface area contributed by atoms with Crippen LogP contribution in [0.3, 0.4) is 0 Å². The Morgan fingerprint density at radius 3 is 2.27 bits per heavy atom. The minimum atomic E-state index is -0.578. The van der Waals surface area contributed by atoms with Gasteiger partial charge in [-0.15, -0.1) is 0 Å². The molecule has 4 heteroatoms. The van der Waals surface area contributed by atoms with E-state index in [9.17, 15) is 9.59 Å². The van der Waals surface area contributed by atoms with Crippen molar-refractivity contribution in [3.8, 4) is 5.75 Å². The molecule has 0 heterocycles. The molecule has 0 fully saturated rings. The number of carbonyl (C=O) groups excluding carboxylic acids is 2. The number of rotatable bonds is 5. The van der Waals surface area contributed by atoms with Crippen molar-refractivity contribution in [2.45, 2.75) is 13.8 Å². The molecule has 3 aromatic rings. The summed E-state index contributed by atoms with van der Waals surface area (Å²) in [6.45, 7) is 3.47. The Labute approximate surface area is 152 Å². The zero-order valence-corrected chi connectivity index (χ0v) is 15.0. The molecule has 0 saturated carbocycles. The van der Waals surface area contributed by atoms with E-state index in [1.165, 1.54) is 7.11 Å². The third-order valence-corrected chi connectivity index (χ3v) is 4.32. The molecule has 0 radical (unpaired) electrons. The number of ketones is 1. The summed E-state index contributed by atoms with van der Waals surface area (Å²) in [7, 11) is 1.50. The normalized spacial score (nSPS) is 10.6. The number of benzene rings is 3. The van der Waals surface area contributed by atoms with Crippen molar-refractivity contribution in [3.05, 3.63) is 76.9 Å². The highest BCUT2D eigenvalue weighted by Gasteiger charge is 2.18. The molecular weight excluding hydrogens is 328 g/mol. The molecule has 0 N–H and O–H groups in total. The van der Waals surface area contributed by atoms with Crippen LogP contribution in [0.5, 0.6) is 5.75 Å². The molecule has 0 bridgehead atoms. The van der Waals surface area contributed by atoms with Gasteiger partial charge in [0.05, 0.1) is 7.11 Å². The SMILES string of the molecule is COc1cc2ccccc2cc1C(=O)OCC(=O)c1cc(C)ccc1C. The van der Waals surface area contributed by atoms with Crippen molar-refractivity contribution >= 4 is 22.5 Å². The van der Waals surface area contributed by atoms with Crippen LogP contribution < -0.4 is 4.74 Å². The van der Waals surface area contributed by atoms with Crippen molar-refractivity contribution in [3.63, 3.8) is 0 Å². The quantitative estimate of drug-likeness (QED) is 0.503. The second-order valence-electron chi connectivity index (χ2n) is 6.22. The highest BCUT2D eigenvalue weighted by molar-refractivity contribution is 6.02. The van der Waals surface area contributed by atoms with Crippen LogP contribution in [0.15, 0.2) is 54.6 Å². The van der Waals surface area contributed by atoms with Crippen LogP contribution in [0.4, 0.5) is 0 Å². The molecular formula is C22H20O4. The Kier molecular flexibility index (Phi) is 5.03. The van der Waals surface area contributed by atoms with Gasteiger partial charge in [-0.3, -0.25) is 4.79 Å². The summed E-state index contributed by atoms with van der Waals surface area (Å²) >= 11 is 0. The van der Waals surface area contributed by atoms with Crippen molar-refractivity contribution in [1.82, 2.24) is 0 Å². The smallest absolute Gasteiger partial charge is 0.342 e. The molecule has 0 aliphatic carbocycles. The number of fused-ring (bicyclic) bond motifs is 1. The summed E-state index contributed by atoms with van der Waals surface area (Å²) in [6.07, 6.45) is 0. The maximum Gasteiger partial charge on any atom is 0.342 e. The van der Waals surface area contributed by atoms with Crippen LogP contribution in [0, 0.1) is 13.8 Å². The molecule has 0 saturated heterocycles. The van der Waals surface area contributed by atoms with Gasteiger partial charge in [-0.2, -0.15) is 0 Å². The lowest BCUT2D eigenvalue weighted by molar-refractivity contribution is 0.0471. The number of carbonyl (C=O) groups is 2. The zero-order valence-electron chi connectivity index (χ0n) is 15.0. The summed E-state index contributed by atoms with van der Waals surface area (Å²) in [5.74, 6) is -0.376. The third-order valence-electron chi connectivity index (χ3n) is 4.32. The molecule has 0 spiro atoms. The Balaban J connectivity index is 1.80. The topological polar surface area (TPSA) is 52.6 Å². The lowest BCUT2D eigenvalue weighted by Crippen LogP contribution is -2.16. The van der Waals surface area contributed by atoms with Crippen molar-refractivity contribution in [1.29, 1.82) is 0 Å². The Morgan fingerprint density at radius 2 is 1.58 bits per heavy atom. The van der Waals surface area contributed by atoms with E-state index >= 15 is 0 Å². The van der Waals surface area contributed by atoms with Gasteiger partial charge in [-0.1, -0.05) is 42.0 Å². The first-order valence-corrected chi connectivity index (χ1v) is 8.34. The van der Waals surface area contributed by atoms with E-state index in [1.54, 1.807) is 12.1 Å². The fourth-order valence-electron chi connectivity index (χ4n) is 2.87. The van der Waals surface area contributed by atoms with Crippen LogP contribution in [0.1, 0.15) is 31.8 Å². The van der Waals surface area contributed by atoms with Gasteiger partial charge in [0.25, 0.3) is 0 Å². The van der Waals surface area contributed by atoms with Crippen molar-refractivity contribution < 1.29 is 19.1 Å². The third kappa shape index (κ3) is 3.59. The number of hydrogen-bond donors (Lipinski definition) is 0. The lowest BCUT2D eigenvalue weighted by atomic mass is 10.0. The molecule has 0 aliphatic rings. The summed E-state index contributed by atoms with van der Waals surface area (Å²) in [5.41, 5.74) is 2.73. The number of hydrogen-bond acceptors (Lipinski definition) is 4. The summed E-state index contributed by atoms with van der Waals surface area (Å²) < 4.78 is 10.6. The molecule has 0 amide bonds. The average Bonchev–Trinajstić information content (AvgIpc) is 2.66. The number of aryl methyl sites for hydroxylation is 2. The van der Waals surface area contributed by atoms with Crippen LogP contribution in [0.2, 0.25) is 0 Å². The van der Waals surface area contributed by atoms with Crippen LogP contribution >= 0.6 is 0 Å². The maximum atomic E-state index is 12.5. The number of Topliss-reactive ketones (excluding diaryl/α,β-unsaturated/α-hetero) is 1. The number of ether oxygens (including phenoxy) is 2. The Hall–Kier alpha value is -3.14. The molecule has 3 aromatic carbocycles. The van der Waals surface area contributed by atoms with Crippen LogP contribution in [0.25, 0.3) is 10.8 Å². The van der Waals surface area contributed by atoms with Gasteiger partial charge < -0.3 is 9.47 Å². The highest BCUT2D eigenvalue weighted by atomic mass is 16.5. The van der Waals surface area contributed by atoms with Gasteiger partial charge in [0, 0.05) is 5.56 Å². The second-order valence-corrected chi connectivity index (χ2v) is 6.22. The fourth-order valence-corrected chi connectivity index (χ4v) is 2.87. The first kappa shape index (κ1) is 17.7. The molecule has 0 aromatic heterocycles. The average molecular weight is 348 g/mol. The predicted molar refractivity (Wildman–Crippen MR) is 101 cm³/mol. The van der Waals surface area contributed by atoms with E-state index in [0.29, 0.717) is 16.9 Å². The fraction of sp³-hybridized carbons (Fsp3) is 0.182. The molecule has 3 rings (SSSR count). The second kappa shape index (κ2) is 7.40. The van der Waals surface area contributed by atoms with Gasteiger partial charge in [-0.05, 0) is 48.4 Å². The van der Waals surface area contributed by atoms with Crippen LogP contribution in [-0.2, 0) is 4.74 Å². The molecule has 26 heavy (non-hydrogen) atoms. The molecule has 0 aliphatic heterocycles. The van der Waals surface area contributed by atoms with Gasteiger partial charge in [0.2, 0.25) is 5.78 Å². The first-order valence-electron chi connectivity index (χ1n) is 8.34. The lowest BCUT2D eigenvalue weighted by Gasteiger charge is -2.11. The summed E-state index contributed by atoms with van der Waals surface area (Å²) in [6, 6.07) is 16.8. The number of methoxy groups -OCH3 is 1. The van der Waals surface area contributed by atoms with Gasteiger partial charge in [0.1, 0.15) is 11.3 Å². The molecule has 4 nitrogen and oxygen atoms in total. The molecule has 0 atom stereocenters. The number of esters is 1. The monoisotopic (exact) mass is 348 g/mol. The van der Waals surface area contributed by atoms with Gasteiger partial charge in [-0.25, -0.2) is 4.79 Å². The minimum absolute atomic E-state index is 0.223. The Bertz CT molecular complexity index is 989. The molecule has 132 valence electrons. The summed E-state index contributed by atoms with van der Waals surface area (Å²) in [5, 5.41) is 1.87. The minimum Gasteiger partial charge on any atom is -0.496 e. The van der Waals surface area contributed by atoms with Gasteiger partial charge >= 0.3 is 5.97 Å². The Morgan fingerprint density at radius 1 is 0.885 bits per heavy atom. The summed E-state index contributed by atoms with van der Waals surface area (Å²) in [4.78, 5) is 24.9. The van der Waals surface area contributed by atoms with E-state index in [0.717, 1.165) is 21.9 Å². The zero-order chi connectivity index (χ0) is 18.7. The van der Waals surface area contributed by atoms with Crippen molar-refractivity contribution in [2.75, 3.05) is 13.7 Å². The molecule has 0 unspecified atom stereocenters. The van der Waals surface area contributed by atoms with Gasteiger partial charge in [0.15, 0.2) is 6.61 Å². The van der Waals surface area contributed by atoms with E-state index < -0.39 is 5.97 Å². The van der Waals surface area contributed by atoms with Crippen molar-refractivity contribution in [2.24, 2.45) is 0 Å². The largest absolute Gasteiger partial charge is 0.496 e. The van der Waals surface area contributed by atoms with E-state index in [-0.39, 0.29) is 12.4 Å². The van der Waals surface area contributed by atoms with E-state index in [4.69, 9.17) is 9.47 Å². The highest BCUT2D eigenvalue weighted by Crippen LogP contribution is 2.26.